The van der Waals surface area contributed by atoms with Gasteiger partial charge in [0.25, 0.3) is 0 Å². The quantitative estimate of drug-likeness (QED) is 0.800. The fourth-order valence-electron chi connectivity index (χ4n) is 4.78. The third-order valence-corrected chi connectivity index (χ3v) is 6.10. The number of methoxy groups -OCH3 is 2. The average Bonchev–Trinajstić information content (AvgIpc) is 3.16. The Bertz CT molecular complexity index is 1090. The van der Waals surface area contributed by atoms with Gasteiger partial charge in [-0.1, -0.05) is 19.9 Å². The largest absolute Gasteiger partial charge is 0.497 e. The highest BCUT2D eigenvalue weighted by atomic mass is 16.7. The lowest BCUT2D eigenvalue weighted by Crippen LogP contribution is -2.33. The van der Waals surface area contributed by atoms with E-state index in [4.69, 9.17) is 18.9 Å². The molecule has 0 bridgehead atoms. The van der Waals surface area contributed by atoms with Crippen LogP contribution in [0.5, 0.6) is 23.0 Å². The van der Waals surface area contributed by atoms with Crippen LogP contribution < -0.4 is 24.3 Å². The Morgan fingerprint density at radius 3 is 2.50 bits per heavy atom. The summed E-state index contributed by atoms with van der Waals surface area (Å²) >= 11 is 0. The zero-order valence-electron chi connectivity index (χ0n) is 17.6. The Hall–Kier alpha value is -3.15. The second kappa shape index (κ2) is 6.69. The minimum Gasteiger partial charge on any atom is -0.497 e. The number of carbonyl (C=O) groups is 1. The Kier molecular flexibility index (Phi) is 4.20. The molecule has 1 N–H and O–H groups in total. The number of hydrogen-bond donors (Lipinski definition) is 1. The van der Waals surface area contributed by atoms with E-state index in [2.05, 4.69) is 19.2 Å². The Labute approximate surface area is 175 Å². The SMILES string of the molecule is COc1ccc(C2C3=C(CC(C)(C)CC3=O)Nc3cc4c(cc32)OCO4)c(OC)c1. The monoisotopic (exact) mass is 407 g/mol. The number of benzene rings is 2. The molecule has 30 heavy (non-hydrogen) atoms. The molecule has 3 aliphatic rings. The molecule has 0 radical (unpaired) electrons. The number of fused-ring (bicyclic) bond motifs is 2. The van der Waals surface area contributed by atoms with Crippen molar-refractivity contribution in [3.8, 4) is 23.0 Å². The summed E-state index contributed by atoms with van der Waals surface area (Å²) in [6, 6.07) is 9.71. The molecule has 0 amide bonds. The van der Waals surface area contributed by atoms with E-state index in [9.17, 15) is 4.79 Å². The van der Waals surface area contributed by atoms with Gasteiger partial charge in [0.05, 0.1) is 14.2 Å². The zero-order valence-corrected chi connectivity index (χ0v) is 17.6. The van der Waals surface area contributed by atoms with Crippen molar-refractivity contribution in [2.75, 3.05) is 26.3 Å². The van der Waals surface area contributed by atoms with Crippen LogP contribution in [0.15, 0.2) is 41.6 Å². The average molecular weight is 407 g/mol. The molecule has 2 aromatic rings. The number of anilines is 1. The van der Waals surface area contributed by atoms with Gasteiger partial charge in [-0.25, -0.2) is 0 Å². The molecule has 2 heterocycles. The van der Waals surface area contributed by atoms with Crippen molar-refractivity contribution < 1.29 is 23.7 Å². The third-order valence-electron chi connectivity index (χ3n) is 6.10. The molecule has 2 aromatic carbocycles. The van der Waals surface area contributed by atoms with Gasteiger partial charge in [0.15, 0.2) is 17.3 Å². The molecule has 2 aliphatic heterocycles. The maximum Gasteiger partial charge on any atom is 0.231 e. The molecule has 5 rings (SSSR count). The lowest BCUT2D eigenvalue weighted by Gasteiger charge is -2.39. The Balaban J connectivity index is 1.75. The van der Waals surface area contributed by atoms with Crippen LogP contribution >= 0.6 is 0 Å². The highest BCUT2D eigenvalue weighted by molar-refractivity contribution is 6.02. The van der Waals surface area contributed by atoms with E-state index in [1.54, 1.807) is 14.2 Å². The van der Waals surface area contributed by atoms with Gasteiger partial charge in [0, 0.05) is 47.0 Å². The first-order valence-corrected chi connectivity index (χ1v) is 10.1. The first kappa shape index (κ1) is 18.9. The van der Waals surface area contributed by atoms with Crippen molar-refractivity contribution in [2.24, 2.45) is 5.41 Å². The fourth-order valence-corrected chi connectivity index (χ4v) is 4.78. The van der Waals surface area contributed by atoms with Gasteiger partial charge in [-0.3, -0.25) is 4.79 Å². The Morgan fingerprint density at radius 2 is 1.77 bits per heavy atom. The molecular formula is C24H25NO5. The van der Waals surface area contributed by atoms with E-state index in [0.29, 0.717) is 29.4 Å². The van der Waals surface area contributed by atoms with Crippen molar-refractivity contribution in [1.82, 2.24) is 0 Å². The highest BCUT2D eigenvalue weighted by Crippen LogP contribution is 2.53. The van der Waals surface area contributed by atoms with E-state index >= 15 is 0 Å². The van der Waals surface area contributed by atoms with Crippen LogP contribution in [-0.2, 0) is 4.79 Å². The predicted molar refractivity (Wildman–Crippen MR) is 113 cm³/mol. The molecule has 1 unspecified atom stereocenters. The molecule has 1 aliphatic carbocycles. The highest BCUT2D eigenvalue weighted by Gasteiger charge is 2.42. The summed E-state index contributed by atoms with van der Waals surface area (Å²) in [7, 11) is 3.27. The summed E-state index contributed by atoms with van der Waals surface area (Å²) in [6.45, 7) is 4.47. The van der Waals surface area contributed by atoms with Gasteiger partial charge in [0.1, 0.15) is 11.5 Å². The van der Waals surface area contributed by atoms with Gasteiger partial charge >= 0.3 is 0 Å². The molecule has 0 saturated carbocycles. The van der Waals surface area contributed by atoms with Gasteiger partial charge in [0.2, 0.25) is 6.79 Å². The molecule has 0 saturated heterocycles. The number of rotatable bonds is 3. The number of allylic oxidation sites excluding steroid dienone is 2. The van der Waals surface area contributed by atoms with Gasteiger partial charge in [-0.15, -0.1) is 0 Å². The molecule has 0 aromatic heterocycles. The molecular weight excluding hydrogens is 382 g/mol. The third kappa shape index (κ3) is 2.90. The topological polar surface area (TPSA) is 66.0 Å². The minimum atomic E-state index is -0.254. The summed E-state index contributed by atoms with van der Waals surface area (Å²) < 4.78 is 22.3. The summed E-state index contributed by atoms with van der Waals surface area (Å²) in [4.78, 5) is 13.4. The van der Waals surface area contributed by atoms with E-state index in [-0.39, 0.29) is 23.9 Å². The van der Waals surface area contributed by atoms with Crippen molar-refractivity contribution >= 4 is 11.5 Å². The molecule has 6 heteroatoms. The summed E-state index contributed by atoms with van der Waals surface area (Å²) in [5.41, 5.74) is 4.54. The Morgan fingerprint density at radius 1 is 1.00 bits per heavy atom. The van der Waals surface area contributed by atoms with E-state index in [0.717, 1.165) is 34.5 Å². The number of ketones is 1. The number of ether oxygens (including phenoxy) is 4. The maximum absolute atomic E-state index is 13.4. The van der Waals surface area contributed by atoms with Crippen LogP contribution in [0.3, 0.4) is 0 Å². The normalized spacial score (nSPS) is 20.9. The molecule has 6 nitrogen and oxygen atoms in total. The standard InChI is InChI=1S/C24H25NO5/c1-24(2)10-17-23(18(26)11-24)22(14-6-5-13(27-3)7-19(14)28-4)15-8-20-21(30-12-29-20)9-16(15)25-17/h5-9,22,25H,10-12H2,1-4H3. The smallest absolute Gasteiger partial charge is 0.231 e. The number of Topliss-reactive ketones (excluding diaryl/α,β-unsaturated/α-hetero) is 1. The second-order valence-electron chi connectivity index (χ2n) is 8.79. The molecule has 0 spiro atoms. The zero-order chi connectivity index (χ0) is 21.0. The van der Waals surface area contributed by atoms with E-state index in [1.807, 2.05) is 30.3 Å². The minimum absolute atomic E-state index is 0.0920. The van der Waals surface area contributed by atoms with Gasteiger partial charge in [-0.05, 0) is 29.5 Å². The van der Waals surface area contributed by atoms with Crippen LogP contribution in [0.2, 0.25) is 0 Å². The van der Waals surface area contributed by atoms with Crippen LogP contribution in [-0.4, -0.2) is 26.8 Å². The van der Waals surface area contributed by atoms with E-state index in [1.165, 1.54) is 0 Å². The number of hydrogen-bond acceptors (Lipinski definition) is 6. The van der Waals surface area contributed by atoms with Gasteiger partial charge in [-0.2, -0.15) is 0 Å². The van der Waals surface area contributed by atoms with Crippen molar-refractivity contribution in [1.29, 1.82) is 0 Å². The lowest BCUT2D eigenvalue weighted by molar-refractivity contribution is -0.118. The van der Waals surface area contributed by atoms with E-state index < -0.39 is 0 Å². The summed E-state index contributed by atoms with van der Waals surface area (Å²) in [6.07, 6.45) is 1.32. The van der Waals surface area contributed by atoms with Crippen LogP contribution in [0, 0.1) is 5.41 Å². The van der Waals surface area contributed by atoms with Crippen LogP contribution in [0.4, 0.5) is 5.69 Å². The summed E-state index contributed by atoms with van der Waals surface area (Å²) in [5.74, 6) is 2.72. The second-order valence-corrected chi connectivity index (χ2v) is 8.79. The van der Waals surface area contributed by atoms with Crippen molar-refractivity contribution in [3.63, 3.8) is 0 Å². The molecule has 156 valence electrons. The fraction of sp³-hybridized carbons (Fsp3) is 0.375. The first-order chi connectivity index (χ1) is 14.4. The first-order valence-electron chi connectivity index (χ1n) is 10.1. The van der Waals surface area contributed by atoms with Crippen molar-refractivity contribution in [2.45, 2.75) is 32.6 Å². The van der Waals surface area contributed by atoms with Crippen LogP contribution in [0.1, 0.15) is 43.7 Å². The number of carbonyl (C=O) groups excluding carboxylic acids is 1. The summed E-state index contributed by atoms with van der Waals surface area (Å²) in [5, 5.41) is 3.53. The van der Waals surface area contributed by atoms with Crippen molar-refractivity contribution in [3.05, 3.63) is 52.7 Å². The van der Waals surface area contributed by atoms with Gasteiger partial charge < -0.3 is 24.3 Å². The lowest BCUT2D eigenvalue weighted by atomic mass is 9.68. The number of nitrogens with one attached hydrogen (secondary N) is 1. The molecule has 1 atom stereocenters. The van der Waals surface area contributed by atoms with Crippen LogP contribution in [0.25, 0.3) is 0 Å². The maximum atomic E-state index is 13.4. The molecule has 0 fully saturated rings. The predicted octanol–water partition coefficient (Wildman–Crippen LogP) is 4.63.